The van der Waals surface area contributed by atoms with E-state index in [-0.39, 0.29) is 23.7 Å². The second-order valence-electron chi connectivity index (χ2n) is 8.89. The zero-order valence-electron chi connectivity index (χ0n) is 19.3. The van der Waals surface area contributed by atoms with E-state index >= 15 is 0 Å². The normalized spacial score (nSPS) is 11.0. The van der Waals surface area contributed by atoms with Gasteiger partial charge in [0.2, 0.25) is 5.91 Å². The number of methoxy groups -OCH3 is 1. The summed E-state index contributed by atoms with van der Waals surface area (Å²) in [6.07, 6.45) is 0.252. The lowest BCUT2D eigenvalue weighted by Crippen LogP contribution is -2.16. The van der Waals surface area contributed by atoms with E-state index < -0.39 is 0 Å². The number of carbonyl (C=O) groups excluding carboxylic acids is 2. The first-order valence-electron chi connectivity index (χ1n) is 10.6. The number of carbonyl (C=O) groups is 2. The lowest BCUT2D eigenvalue weighted by Gasteiger charge is -2.19. The van der Waals surface area contributed by atoms with Gasteiger partial charge < -0.3 is 15.4 Å². The summed E-state index contributed by atoms with van der Waals surface area (Å²) < 4.78 is 5.26. The molecule has 0 unspecified atom stereocenters. The molecule has 0 saturated heterocycles. The summed E-state index contributed by atoms with van der Waals surface area (Å²) >= 11 is 0. The summed E-state index contributed by atoms with van der Waals surface area (Å²) in [4.78, 5) is 25.1. The van der Waals surface area contributed by atoms with Gasteiger partial charge in [-0.3, -0.25) is 9.59 Å². The molecule has 0 spiro atoms. The van der Waals surface area contributed by atoms with Crippen LogP contribution in [-0.4, -0.2) is 18.9 Å². The van der Waals surface area contributed by atoms with Crippen molar-refractivity contribution in [2.24, 2.45) is 0 Å². The van der Waals surface area contributed by atoms with E-state index in [1.807, 2.05) is 49.4 Å². The lowest BCUT2D eigenvalue weighted by molar-refractivity contribution is -0.115. The number of ether oxygens (including phenoxy) is 1. The highest BCUT2D eigenvalue weighted by Gasteiger charge is 2.14. The summed E-state index contributed by atoms with van der Waals surface area (Å²) in [5, 5.41) is 5.79. The van der Waals surface area contributed by atoms with Gasteiger partial charge in [0, 0.05) is 16.9 Å². The molecule has 32 heavy (non-hydrogen) atoms. The fourth-order valence-electron chi connectivity index (χ4n) is 3.44. The number of hydrogen-bond acceptors (Lipinski definition) is 3. The predicted molar refractivity (Wildman–Crippen MR) is 130 cm³/mol. The van der Waals surface area contributed by atoms with Crippen molar-refractivity contribution in [1.82, 2.24) is 0 Å². The van der Waals surface area contributed by atoms with Crippen molar-refractivity contribution in [3.63, 3.8) is 0 Å². The van der Waals surface area contributed by atoms with Gasteiger partial charge in [0.15, 0.2) is 0 Å². The zero-order chi connectivity index (χ0) is 23.3. The van der Waals surface area contributed by atoms with Crippen LogP contribution >= 0.6 is 0 Å². The minimum Gasteiger partial charge on any atom is -0.496 e. The quantitative estimate of drug-likeness (QED) is 0.524. The number of amides is 2. The smallest absolute Gasteiger partial charge is 0.255 e. The number of benzene rings is 3. The third-order valence-corrected chi connectivity index (χ3v) is 5.24. The molecule has 3 aromatic carbocycles. The van der Waals surface area contributed by atoms with E-state index in [2.05, 4.69) is 31.4 Å². The van der Waals surface area contributed by atoms with Crippen molar-refractivity contribution >= 4 is 23.2 Å². The van der Waals surface area contributed by atoms with E-state index in [1.54, 1.807) is 31.4 Å². The number of rotatable bonds is 6. The number of aryl methyl sites for hydroxylation is 1. The van der Waals surface area contributed by atoms with E-state index in [9.17, 15) is 9.59 Å². The van der Waals surface area contributed by atoms with Gasteiger partial charge in [-0.15, -0.1) is 0 Å². The van der Waals surface area contributed by atoms with Crippen LogP contribution in [0.4, 0.5) is 11.4 Å². The SMILES string of the molecule is COc1ccc(CC(=O)Nc2cccc(NC(=O)c3ccc(C(C)(C)C)cc3)c2)cc1C. The summed E-state index contributed by atoms with van der Waals surface area (Å²) in [6.45, 7) is 8.36. The molecule has 0 fully saturated rings. The maximum absolute atomic E-state index is 12.6. The van der Waals surface area contributed by atoms with Crippen LogP contribution in [0.3, 0.4) is 0 Å². The van der Waals surface area contributed by atoms with E-state index in [0.29, 0.717) is 16.9 Å². The van der Waals surface area contributed by atoms with Gasteiger partial charge in [-0.1, -0.05) is 51.1 Å². The topological polar surface area (TPSA) is 67.4 Å². The summed E-state index contributed by atoms with van der Waals surface area (Å²) in [5.74, 6) is 0.476. The standard InChI is InChI=1S/C27H30N2O3/c1-18-15-19(9-14-24(18)32-5)16-25(30)28-22-7-6-8-23(17-22)29-26(31)20-10-12-21(13-11-20)27(2,3)4/h6-15,17H,16H2,1-5H3,(H,28,30)(H,29,31). The van der Waals surface area contributed by atoms with Crippen LogP contribution in [0.1, 0.15) is 47.8 Å². The van der Waals surface area contributed by atoms with E-state index in [4.69, 9.17) is 4.74 Å². The highest BCUT2D eigenvalue weighted by atomic mass is 16.5. The van der Waals surface area contributed by atoms with Crippen LogP contribution < -0.4 is 15.4 Å². The fourth-order valence-corrected chi connectivity index (χ4v) is 3.44. The van der Waals surface area contributed by atoms with Crippen molar-refractivity contribution in [2.45, 2.75) is 39.5 Å². The molecular weight excluding hydrogens is 400 g/mol. The lowest BCUT2D eigenvalue weighted by atomic mass is 9.87. The Morgan fingerprint density at radius 3 is 2.12 bits per heavy atom. The molecule has 5 heteroatoms. The molecule has 0 bridgehead atoms. The third-order valence-electron chi connectivity index (χ3n) is 5.24. The number of nitrogens with one attached hydrogen (secondary N) is 2. The van der Waals surface area contributed by atoms with Crippen LogP contribution in [0.25, 0.3) is 0 Å². The fraction of sp³-hybridized carbons (Fsp3) is 0.259. The number of anilines is 2. The Hall–Kier alpha value is -3.60. The second-order valence-corrected chi connectivity index (χ2v) is 8.89. The Morgan fingerprint density at radius 1 is 0.875 bits per heavy atom. The molecule has 166 valence electrons. The summed E-state index contributed by atoms with van der Waals surface area (Å²) in [7, 11) is 1.63. The second kappa shape index (κ2) is 9.69. The van der Waals surface area contributed by atoms with Gasteiger partial charge in [0.25, 0.3) is 5.91 Å². The van der Waals surface area contributed by atoms with Crippen LogP contribution in [0, 0.1) is 6.92 Å². The third kappa shape index (κ3) is 5.97. The molecule has 0 radical (unpaired) electrons. The molecule has 0 aliphatic rings. The molecule has 0 heterocycles. The summed E-state index contributed by atoms with van der Waals surface area (Å²) in [6, 6.07) is 20.4. The van der Waals surface area contributed by atoms with Crippen LogP contribution in [0.2, 0.25) is 0 Å². The molecule has 2 amide bonds. The Labute approximate surface area is 189 Å². The minimum absolute atomic E-state index is 0.0338. The van der Waals surface area contributed by atoms with Crippen LogP contribution in [0.5, 0.6) is 5.75 Å². The molecule has 0 atom stereocenters. The highest BCUT2D eigenvalue weighted by Crippen LogP contribution is 2.23. The molecule has 0 saturated carbocycles. The van der Waals surface area contributed by atoms with Crippen molar-refractivity contribution < 1.29 is 14.3 Å². The highest BCUT2D eigenvalue weighted by molar-refractivity contribution is 6.04. The van der Waals surface area contributed by atoms with Crippen molar-refractivity contribution in [3.8, 4) is 5.75 Å². The molecule has 3 aromatic rings. The predicted octanol–water partition coefficient (Wildman–Crippen LogP) is 5.73. The maximum Gasteiger partial charge on any atom is 0.255 e. The molecule has 0 aliphatic heterocycles. The first-order chi connectivity index (χ1) is 15.2. The Balaban J connectivity index is 1.63. The van der Waals surface area contributed by atoms with Crippen LogP contribution in [-0.2, 0) is 16.6 Å². The average molecular weight is 431 g/mol. The molecular formula is C27H30N2O3. The average Bonchev–Trinajstić information content (AvgIpc) is 2.73. The molecule has 5 nitrogen and oxygen atoms in total. The van der Waals surface area contributed by atoms with Gasteiger partial charge in [0.1, 0.15) is 5.75 Å². The van der Waals surface area contributed by atoms with E-state index in [0.717, 1.165) is 16.9 Å². The largest absolute Gasteiger partial charge is 0.496 e. The first-order valence-corrected chi connectivity index (χ1v) is 10.6. The summed E-state index contributed by atoms with van der Waals surface area (Å²) in [5.41, 5.74) is 4.93. The molecule has 2 N–H and O–H groups in total. The molecule has 0 aliphatic carbocycles. The number of hydrogen-bond donors (Lipinski definition) is 2. The zero-order valence-corrected chi connectivity index (χ0v) is 19.3. The molecule has 3 rings (SSSR count). The molecule has 0 aromatic heterocycles. The van der Waals surface area contributed by atoms with Gasteiger partial charge >= 0.3 is 0 Å². The van der Waals surface area contributed by atoms with Crippen molar-refractivity contribution in [1.29, 1.82) is 0 Å². The maximum atomic E-state index is 12.6. The van der Waals surface area contributed by atoms with Gasteiger partial charge in [0.05, 0.1) is 13.5 Å². The van der Waals surface area contributed by atoms with Crippen molar-refractivity contribution in [3.05, 3.63) is 89.0 Å². The minimum atomic E-state index is -0.192. The van der Waals surface area contributed by atoms with Crippen molar-refractivity contribution in [2.75, 3.05) is 17.7 Å². The Morgan fingerprint density at radius 2 is 1.53 bits per heavy atom. The first kappa shape index (κ1) is 23.1. The van der Waals surface area contributed by atoms with Gasteiger partial charge in [-0.25, -0.2) is 0 Å². The Bertz CT molecular complexity index is 1110. The van der Waals surface area contributed by atoms with E-state index in [1.165, 1.54) is 5.56 Å². The Kier molecular flexibility index (Phi) is 6.98. The van der Waals surface area contributed by atoms with Gasteiger partial charge in [-0.05, 0) is 65.4 Å². The van der Waals surface area contributed by atoms with Gasteiger partial charge in [-0.2, -0.15) is 0 Å². The monoisotopic (exact) mass is 430 g/mol. The van der Waals surface area contributed by atoms with Crippen LogP contribution in [0.15, 0.2) is 66.7 Å².